The second kappa shape index (κ2) is 6.41. The molecule has 1 N–H and O–H groups in total. The molecule has 2 heterocycles. The lowest BCUT2D eigenvalue weighted by Gasteiger charge is -2.26. The number of anilines is 1. The van der Waals surface area contributed by atoms with E-state index in [9.17, 15) is 0 Å². The van der Waals surface area contributed by atoms with Crippen LogP contribution in [0.4, 0.5) is 5.82 Å². The van der Waals surface area contributed by atoms with Gasteiger partial charge in [-0.3, -0.25) is 4.90 Å². The Kier molecular flexibility index (Phi) is 4.52. The zero-order valence-corrected chi connectivity index (χ0v) is 14.1. The fourth-order valence-electron chi connectivity index (χ4n) is 3.04. The molecule has 1 aliphatic rings. The highest BCUT2D eigenvalue weighted by Gasteiger charge is 2.33. The van der Waals surface area contributed by atoms with E-state index in [1.165, 1.54) is 5.56 Å². The third kappa shape index (κ3) is 3.35. The normalized spacial score (nSPS) is 22.0. The van der Waals surface area contributed by atoms with Crippen LogP contribution < -0.4 is 5.32 Å². The Morgan fingerprint density at radius 2 is 1.91 bits per heavy atom. The molecule has 2 atom stereocenters. The molecule has 0 saturated carbocycles. The van der Waals surface area contributed by atoms with Gasteiger partial charge >= 0.3 is 0 Å². The Balaban J connectivity index is 1.84. The van der Waals surface area contributed by atoms with Crippen LogP contribution in [0.15, 0.2) is 30.3 Å². The zero-order chi connectivity index (χ0) is 15.7. The van der Waals surface area contributed by atoms with Crippen molar-refractivity contribution in [3.8, 4) is 0 Å². The lowest BCUT2D eigenvalue weighted by molar-refractivity contribution is 0.309. The summed E-state index contributed by atoms with van der Waals surface area (Å²) in [6, 6.07) is 10.4. The minimum atomic E-state index is 0.275. The van der Waals surface area contributed by atoms with E-state index < -0.39 is 0 Å². The summed E-state index contributed by atoms with van der Waals surface area (Å²) < 4.78 is 0. The van der Waals surface area contributed by atoms with Crippen LogP contribution in [-0.4, -0.2) is 34.5 Å². The van der Waals surface area contributed by atoms with E-state index in [1.807, 2.05) is 19.1 Å². The Bertz CT molecular complexity index is 639. The van der Waals surface area contributed by atoms with Crippen molar-refractivity contribution in [2.45, 2.75) is 25.4 Å². The molecule has 2 unspecified atom stereocenters. The number of likely N-dealkylation sites (N-methyl/N-ethyl adjacent to an activating group) is 1. The van der Waals surface area contributed by atoms with Gasteiger partial charge in [-0.25, -0.2) is 9.97 Å². The van der Waals surface area contributed by atoms with Gasteiger partial charge in [-0.05, 0) is 38.1 Å². The monoisotopic (exact) mass is 336 g/mol. The standard InChI is InChI=1S/C16H18Cl2N4/c1-10-19-14(18)9-15(20-10)21-13-7-8-22(2)16(13)11-3-5-12(17)6-4-11/h3-6,9,13,16H,7-8H2,1-2H3,(H,19,20,21). The predicted molar refractivity (Wildman–Crippen MR) is 90.6 cm³/mol. The highest BCUT2D eigenvalue weighted by Crippen LogP contribution is 2.33. The lowest BCUT2D eigenvalue weighted by Crippen LogP contribution is -2.29. The molecule has 1 fully saturated rings. The third-order valence-electron chi connectivity index (χ3n) is 4.00. The van der Waals surface area contributed by atoms with Crippen molar-refractivity contribution in [3.05, 3.63) is 51.9 Å². The Hall–Kier alpha value is -1.36. The van der Waals surface area contributed by atoms with E-state index in [0.29, 0.717) is 11.0 Å². The molecule has 2 aromatic rings. The van der Waals surface area contributed by atoms with Gasteiger partial charge in [-0.1, -0.05) is 35.3 Å². The average molecular weight is 337 g/mol. The predicted octanol–water partition coefficient (Wildman–Crippen LogP) is 3.95. The van der Waals surface area contributed by atoms with Gasteiger partial charge in [0.05, 0.1) is 6.04 Å². The van der Waals surface area contributed by atoms with Gasteiger partial charge in [0.1, 0.15) is 16.8 Å². The number of aromatic nitrogens is 2. The second-order valence-electron chi connectivity index (χ2n) is 5.64. The number of rotatable bonds is 3. The minimum Gasteiger partial charge on any atom is -0.365 e. The van der Waals surface area contributed by atoms with Crippen LogP contribution >= 0.6 is 23.2 Å². The number of hydrogen-bond donors (Lipinski definition) is 1. The first-order valence-corrected chi connectivity index (χ1v) is 8.02. The van der Waals surface area contributed by atoms with E-state index >= 15 is 0 Å². The first kappa shape index (κ1) is 15.5. The Morgan fingerprint density at radius 3 is 2.59 bits per heavy atom. The van der Waals surface area contributed by atoms with Gasteiger partial charge in [0.2, 0.25) is 0 Å². The number of aryl methyl sites for hydroxylation is 1. The van der Waals surface area contributed by atoms with Crippen molar-refractivity contribution in [2.24, 2.45) is 0 Å². The average Bonchev–Trinajstić information content (AvgIpc) is 2.80. The van der Waals surface area contributed by atoms with Crippen LogP contribution in [0.1, 0.15) is 23.9 Å². The smallest absolute Gasteiger partial charge is 0.134 e. The first-order chi connectivity index (χ1) is 10.5. The molecule has 116 valence electrons. The summed E-state index contributed by atoms with van der Waals surface area (Å²) in [5.41, 5.74) is 1.25. The Morgan fingerprint density at radius 1 is 1.18 bits per heavy atom. The molecule has 4 nitrogen and oxygen atoms in total. The number of halogens is 2. The molecule has 0 amide bonds. The van der Waals surface area contributed by atoms with Gasteiger partial charge in [0.25, 0.3) is 0 Å². The fraction of sp³-hybridized carbons (Fsp3) is 0.375. The van der Waals surface area contributed by atoms with Crippen molar-refractivity contribution >= 4 is 29.0 Å². The molecular weight excluding hydrogens is 319 g/mol. The van der Waals surface area contributed by atoms with Crippen molar-refractivity contribution in [1.29, 1.82) is 0 Å². The van der Waals surface area contributed by atoms with Crippen LogP contribution in [0.2, 0.25) is 10.2 Å². The molecule has 0 aliphatic carbocycles. The number of nitrogens with zero attached hydrogens (tertiary/aromatic N) is 3. The summed E-state index contributed by atoms with van der Waals surface area (Å²) in [6.07, 6.45) is 1.05. The van der Waals surface area contributed by atoms with Crippen LogP contribution in [0.5, 0.6) is 0 Å². The molecule has 1 aromatic carbocycles. The Labute approximate surface area is 140 Å². The molecular formula is C16H18Cl2N4. The van der Waals surface area contributed by atoms with Crippen molar-refractivity contribution < 1.29 is 0 Å². The number of benzene rings is 1. The van der Waals surface area contributed by atoms with Crippen LogP contribution in [-0.2, 0) is 0 Å². The maximum absolute atomic E-state index is 6.02. The zero-order valence-electron chi connectivity index (χ0n) is 12.6. The molecule has 1 aliphatic heterocycles. The van der Waals surface area contributed by atoms with Gasteiger partial charge in [0.15, 0.2) is 0 Å². The van der Waals surface area contributed by atoms with E-state index in [2.05, 4.69) is 39.4 Å². The summed E-state index contributed by atoms with van der Waals surface area (Å²) >= 11 is 12.0. The highest BCUT2D eigenvalue weighted by atomic mass is 35.5. The van der Waals surface area contributed by atoms with Gasteiger partial charge in [-0.2, -0.15) is 0 Å². The van der Waals surface area contributed by atoms with E-state index in [-0.39, 0.29) is 12.1 Å². The quantitative estimate of drug-likeness (QED) is 0.861. The van der Waals surface area contributed by atoms with Gasteiger partial charge in [-0.15, -0.1) is 0 Å². The largest absolute Gasteiger partial charge is 0.365 e. The summed E-state index contributed by atoms with van der Waals surface area (Å²) in [7, 11) is 2.14. The molecule has 3 rings (SSSR count). The van der Waals surface area contributed by atoms with Crippen LogP contribution in [0.3, 0.4) is 0 Å². The summed E-state index contributed by atoms with van der Waals surface area (Å²) in [6.45, 7) is 2.87. The van der Waals surface area contributed by atoms with E-state index in [0.717, 1.165) is 23.8 Å². The molecule has 1 saturated heterocycles. The topological polar surface area (TPSA) is 41.1 Å². The second-order valence-corrected chi connectivity index (χ2v) is 6.46. The molecule has 22 heavy (non-hydrogen) atoms. The highest BCUT2D eigenvalue weighted by molar-refractivity contribution is 6.30. The van der Waals surface area contributed by atoms with Gasteiger partial charge < -0.3 is 5.32 Å². The molecule has 0 spiro atoms. The summed E-state index contributed by atoms with van der Waals surface area (Å²) in [4.78, 5) is 10.9. The summed E-state index contributed by atoms with van der Waals surface area (Å²) in [5.74, 6) is 1.45. The van der Waals surface area contributed by atoms with E-state index in [1.54, 1.807) is 6.07 Å². The molecule has 1 aromatic heterocycles. The van der Waals surface area contributed by atoms with Crippen molar-refractivity contribution in [1.82, 2.24) is 14.9 Å². The first-order valence-electron chi connectivity index (χ1n) is 7.26. The lowest BCUT2D eigenvalue weighted by atomic mass is 10.0. The number of hydrogen-bond acceptors (Lipinski definition) is 4. The van der Waals surface area contributed by atoms with Gasteiger partial charge in [0, 0.05) is 23.7 Å². The number of nitrogens with one attached hydrogen (secondary N) is 1. The number of likely N-dealkylation sites (tertiary alicyclic amines) is 1. The fourth-order valence-corrected chi connectivity index (χ4v) is 3.39. The third-order valence-corrected chi connectivity index (χ3v) is 4.45. The maximum Gasteiger partial charge on any atom is 0.134 e. The van der Waals surface area contributed by atoms with Crippen molar-refractivity contribution in [2.75, 3.05) is 18.9 Å². The minimum absolute atomic E-state index is 0.275. The van der Waals surface area contributed by atoms with E-state index in [4.69, 9.17) is 23.2 Å². The molecule has 0 bridgehead atoms. The van der Waals surface area contributed by atoms with Crippen LogP contribution in [0.25, 0.3) is 0 Å². The molecule has 0 radical (unpaired) electrons. The van der Waals surface area contributed by atoms with Crippen LogP contribution in [0, 0.1) is 6.92 Å². The summed E-state index contributed by atoms with van der Waals surface area (Å²) in [5, 5.41) is 4.72. The molecule has 6 heteroatoms. The maximum atomic E-state index is 6.02. The van der Waals surface area contributed by atoms with Crippen molar-refractivity contribution in [3.63, 3.8) is 0 Å². The SMILES string of the molecule is Cc1nc(Cl)cc(NC2CCN(C)C2c2ccc(Cl)cc2)n1.